The maximum absolute atomic E-state index is 12.0. The number of nitrogens with two attached hydrogens (primary N) is 1. The molecule has 0 radical (unpaired) electrons. The number of nitrogens with one attached hydrogen (secondary N) is 1. The number of hydrogen-bond donors (Lipinski definition) is 2. The number of hydrogen-bond acceptors (Lipinski definition) is 4. The lowest BCUT2D eigenvalue weighted by molar-refractivity contribution is 0.0927. The topological polar surface area (TPSA) is 77.5 Å². The molecular formula is C18H16N2O3. The number of methoxy groups -OCH3 is 1. The number of carbonyl (C=O) groups is 1. The molecule has 5 heteroatoms. The minimum atomic E-state index is -0.469. The van der Waals surface area contributed by atoms with E-state index in [1.54, 1.807) is 13.4 Å². The average Bonchev–Trinajstić information content (AvgIpc) is 3.07. The van der Waals surface area contributed by atoms with E-state index in [0.29, 0.717) is 5.56 Å². The molecule has 1 heterocycles. The lowest BCUT2D eigenvalue weighted by Crippen LogP contribution is -2.30. The minimum absolute atomic E-state index is 0.185. The Labute approximate surface area is 133 Å². The largest absolute Gasteiger partial charge is 0.497 e. The van der Waals surface area contributed by atoms with E-state index in [9.17, 15) is 4.79 Å². The van der Waals surface area contributed by atoms with Crippen molar-refractivity contribution in [1.29, 1.82) is 0 Å². The normalized spacial score (nSPS) is 10.3. The molecule has 0 saturated carbocycles. The summed E-state index contributed by atoms with van der Waals surface area (Å²) in [6.45, 7) is 0. The Bertz CT molecular complexity index is 808. The van der Waals surface area contributed by atoms with Crippen LogP contribution in [0, 0.1) is 0 Å². The second-order valence-corrected chi connectivity index (χ2v) is 4.92. The van der Waals surface area contributed by atoms with E-state index in [0.717, 1.165) is 22.4 Å². The smallest absolute Gasteiger partial charge is 0.301 e. The molecule has 1 amide bonds. The molecule has 0 aliphatic heterocycles. The first-order chi connectivity index (χ1) is 11.2. The molecule has 3 rings (SSSR count). The number of carbonyl (C=O) groups excluding carboxylic acids is 1. The Morgan fingerprint density at radius 1 is 1.04 bits per heavy atom. The van der Waals surface area contributed by atoms with Gasteiger partial charge < -0.3 is 9.15 Å². The third-order valence-electron chi connectivity index (χ3n) is 3.59. The number of nitrogen functional groups attached to an aromatic ring is 1. The van der Waals surface area contributed by atoms with Gasteiger partial charge in [0.2, 0.25) is 5.76 Å². The van der Waals surface area contributed by atoms with Gasteiger partial charge in [-0.05, 0) is 23.3 Å². The summed E-state index contributed by atoms with van der Waals surface area (Å²) in [6.07, 6.45) is 1.56. The second-order valence-electron chi connectivity index (χ2n) is 4.92. The SMILES string of the molecule is COc1ccc(-c2coc(C(=O)NN)c2-c2ccccc2)cc1. The van der Waals surface area contributed by atoms with Crippen LogP contribution in [0.1, 0.15) is 10.6 Å². The molecule has 3 aromatic rings. The molecule has 0 aliphatic rings. The molecule has 3 N–H and O–H groups in total. The average molecular weight is 308 g/mol. The minimum Gasteiger partial charge on any atom is -0.497 e. The first kappa shape index (κ1) is 14.9. The van der Waals surface area contributed by atoms with Gasteiger partial charge >= 0.3 is 5.91 Å². The number of benzene rings is 2. The van der Waals surface area contributed by atoms with Crippen LogP contribution in [0.2, 0.25) is 0 Å². The molecular weight excluding hydrogens is 292 g/mol. The highest BCUT2D eigenvalue weighted by Gasteiger charge is 2.21. The molecule has 0 bridgehead atoms. The monoisotopic (exact) mass is 308 g/mol. The Morgan fingerprint density at radius 2 is 1.74 bits per heavy atom. The lowest BCUT2D eigenvalue weighted by atomic mass is 9.96. The van der Waals surface area contributed by atoms with Gasteiger partial charge in [-0.2, -0.15) is 0 Å². The molecule has 0 atom stereocenters. The van der Waals surface area contributed by atoms with Crippen LogP contribution in [-0.4, -0.2) is 13.0 Å². The van der Waals surface area contributed by atoms with Crippen LogP contribution in [-0.2, 0) is 0 Å². The molecule has 0 saturated heterocycles. The molecule has 0 aliphatic carbocycles. The summed E-state index contributed by atoms with van der Waals surface area (Å²) in [6, 6.07) is 17.1. The lowest BCUT2D eigenvalue weighted by Gasteiger charge is -2.07. The number of hydrazine groups is 1. The summed E-state index contributed by atoms with van der Waals surface area (Å²) in [5.41, 5.74) is 5.45. The van der Waals surface area contributed by atoms with Crippen molar-refractivity contribution in [3.05, 3.63) is 66.6 Å². The molecule has 2 aromatic carbocycles. The summed E-state index contributed by atoms with van der Waals surface area (Å²) >= 11 is 0. The highest BCUT2D eigenvalue weighted by Crippen LogP contribution is 2.37. The van der Waals surface area contributed by atoms with E-state index in [-0.39, 0.29) is 5.76 Å². The fraction of sp³-hybridized carbons (Fsp3) is 0.0556. The third-order valence-corrected chi connectivity index (χ3v) is 3.59. The van der Waals surface area contributed by atoms with Crippen molar-refractivity contribution >= 4 is 5.91 Å². The zero-order valence-electron chi connectivity index (χ0n) is 12.6. The van der Waals surface area contributed by atoms with Gasteiger partial charge in [-0.15, -0.1) is 0 Å². The van der Waals surface area contributed by atoms with Crippen LogP contribution in [0.15, 0.2) is 65.3 Å². The quantitative estimate of drug-likeness (QED) is 0.441. The number of ether oxygens (including phenoxy) is 1. The summed E-state index contributed by atoms with van der Waals surface area (Å²) < 4.78 is 10.7. The van der Waals surface area contributed by atoms with Crippen molar-refractivity contribution in [2.45, 2.75) is 0 Å². The first-order valence-corrected chi connectivity index (χ1v) is 7.07. The van der Waals surface area contributed by atoms with Crippen molar-refractivity contribution in [2.75, 3.05) is 7.11 Å². The van der Waals surface area contributed by atoms with Crippen LogP contribution in [0.4, 0.5) is 0 Å². The zero-order chi connectivity index (χ0) is 16.2. The van der Waals surface area contributed by atoms with Gasteiger partial charge in [-0.1, -0.05) is 42.5 Å². The van der Waals surface area contributed by atoms with Gasteiger partial charge in [-0.3, -0.25) is 10.2 Å². The van der Waals surface area contributed by atoms with Crippen LogP contribution >= 0.6 is 0 Å². The second kappa shape index (κ2) is 6.37. The van der Waals surface area contributed by atoms with E-state index < -0.39 is 5.91 Å². The number of rotatable bonds is 4. The van der Waals surface area contributed by atoms with Crippen LogP contribution in [0.25, 0.3) is 22.3 Å². The van der Waals surface area contributed by atoms with Gasteiger partial charge in [0.15, 0.2) is 0 Å². The fourth-order valence-corrected chi connectivity index (χ4v) is 2.46. The van der Waals surface area contributed by atoms with Crippen molar-refractivity contribution in [2.24, 2.45) is 5.84 Å². The summed E-state index contributed by atoms with van der Waals surface area (Å²) in [5, 5.41) is 0. The van der Waals surface area contributed by atoms with Gasteiger partial charge in [0, 0.05) is 11.1 Å². The van der Waals surface area contributed by atoms with Crippen LogP contribution < -0.4 is 16.0 Å². The van der Waals surface area contributed by atoms with E-state index in [1.807, 2.05) is 54.6 Å². The molecule has 116 valence electrons. The molecule has 0 fully saturated rings. The summed E-state index contributed by atoms with van der Waals surface area (Å²) in [7, 11) is 1.62. The fourth-order valence-electron chi connectivity index (χ4n) is 2.46. The summed E-state index contributed by atoms with van der Waals surface area (Å²) in [5.74, 6) is 5.74. The van der Waals surface area contributed by atoms with Crippen molar-refractivity contribution in [1.82, 2.24) is 5.43 Å². The molecule has 1 aromatic heterocycles. The van der Waals surface area contributed by atoms with Gasteiger partial charge in [0.1, 0.15) is 5.75 Å². The van der Waals surface area contributed by atoms with Crippen molar-refractivity contribution in [3.63, 3.8) is 0 Å². The molecule has 0 spiro atoms. The predicted octanol–water partition coefficient (Wildman–Crippen LogP) is 3.23. The standard InChI is InChI=1S/C18H16N2O3/c1-22-14-9-7-12(8-10-14)15-11-23-17(18(21)20-19)16(15)13-5-3-2-4-6-13/h2-11H,19H2,1H3,(H,20,21). The van der Waals surface area contributed by atoms with Gasteiger partial charge in [0.25, 0.3) is 0 Å². The van der Waals surface area contributed by atoms with Crippen LogP contribution in [0.3, 0.4) is 0 Å². The van der Waals surface area contributed by atoms with E-state index in [1.165, 1.54) is 0 Å². The van der Waals surface area contributed by atoms with Crippen molar-refractivity contribution in [3.8, 4) is 28.0 Å². The molecule has 5 nitrogen and oxygen atoms in total. The zero-order valence-corrected chi connectivity index (χ0v) is 12.6. The van der Waals surface area contributed by atoms with Gasteiger partial charge in [0.05, 0.1) is 13.4 Å². The van der Waals surface area contributed by atoms with E-state index >= 15 is 0 Å². The van der Waals surface area contributed by atoms with E-state index in [4.69, 9.17) is 15.0 Å². The number of furan rings is 1. The van der Waals surface area contributed by atoms with E-state index in [2.05, 4.69) is 5.43 Å². The Hall–Kier alpha value is -3.05. The number of amides is 1. The van der Waals surface area contributed by atoms with Crippen LogP contribution in [0.5, 0.6) is 5.75 Å². The third kappa shape index (κ3) is 2.82. The summed E-state index contributed by atoms with van der Waals surface area (Å²) in [4.78, 5) is 12.0. The molecule has 0 unspecified atom stereocenters. The Balaban J connectivity index is 2.17. The highest BCUT2D eigenvalue weighted by molar-refractivity contribution is 6.02. The Kier molecular flexibility index (Phi) is 4.12. The van der Waals surface area contributed by atoms with Gasteiger partial charge in [-0.25, -0.2) is 5.84 Å². The van der Waals surface area contributed by atoms with Crippen molar-refractivity contribution < 1.29 is 13.9 Å². The Morgan fingerprint density at radius 3 is 2.35 bits per heavy atom. The maximum Gasteiger partial charge on any atom is 0.301 e. The predicted molar refractivity (Wildman–Crippen MR) is 87.8 cm³/mol. The molecule has 23 heavy (non-hydrogen) atoms. The maximum atomic E-state index is 12.0. The highest BCUT2D eigenvalue weighted by atomic mass is 16.5. The first-order valence-electron chi connectivity index (χ1n) is 7.07.